The molecule has 1 unspecified atom stereocenters. The number of hydrogen-bond donors (Lipinski definition) is 0. The first kappa shape index (κ1) is 20.8. The van der Waals surface area contributed by atoms with Gasteiger partial charge in [0.2, 0.25) is 5.78 Å². The van der Waals surface area contributed by atoms with E-state index in [-0.39, 0.29) is 5.78 Å². The molecule has 6 nitrogen and oxygen atoms in total. The number of aromatic nitrogens is 2. The molecule has 1 aliphatic rings. The molecule has 0 N–H and O–H groups in total. The molecule has 0 amide bonds. The summed E-state index contributed by atoms with van der Waals surface area (Å²) >= 11 is 0. The first-order valence-corrected chi connectivity index (χ1v) is 10.5. The van der Waals surface area contributed by atoms with Crippen molar-refractivity contribution in [1.82, 2.24) is 9.97 Å². The minimum absolute atomic E-state index is 0.101. The topological polar surface area (TPSA) is 64.6 Å². The van der Waals surface area contributed by atoms with Crippen LogP contribution in [0.3, 0.4) is 0 Å². The summed E-state index contributed by atoms with van der Waals surface area (Å²) in [6.45, 7) is 3.55. The Morgan fingerprint density at radius 3 is 2.74 bits per heavy atom. The molecular weight excluding hydrogens is 390 g/mol. The fourth-order valence-corrected chi connectivity index (χ4v) is 4.19. The normalized spacial score (nSPS) is 16.1. The van der Waals surface area contributed by atoms with E-state index in [0.29, 0.717) is 22.9 Å². The predicted molar refractivity (Wildman–Crippen MR) is 120 cm³/mol. The van der Waals surface area contributed by atoms with Gasteiger partial charge in [-0.3, -0.25) is 9.78 Å². The Hall–Kier alpha value is -3.41. The largest absolute Gasteiger partial charge is 0.497 e. The van der Waals surface area contributed by atoms with Crippen LogP contribution in [0.5, 0.6) is 11.5 Å². The Morgan fingerprint density at radius 2 is 1.97 bits per heavy atom. The molecule has 160 valence electrons. The summed E-state index contributed by atoms with van der Waals surface area (Å²) in [6, 6.07) is 15.2. The number of pyridine rings is 2. The van der Waals surface area contributed by atoms with Gasteiger partial charge in [-0.15, -0.1) is 0 Å². The third kappa shape index (κ3) is 4.38. The molecule has 3 aromatic rings. The number of hydrogen-bond acceptors (Lipinski definition) is 6. The number of carbonyl (C=O) groups excluding carboxylic acids is 1. The van der Waals surface area contributed by atoms with Gasteiger partial charge in [0.05, 0.1) is 14.2 Å². The molecule has 1 saturated heterocycles. The lowest BCUT2D eigenvalue weighted by Gasteiger charge is -2.34. The fourth-order valence-electron chi connectivity index (χ4n) is 4.19. The van der Waals surface area contributed by atoms with Gasteiger partial charge in [0.1, 0.15) is 23.0 Å². The van der Waals surface area contributed by atoms with E-state index in [1.165, 1.54) is 0 Å². The zero-order valence-corrected chi connectivity index (χ0v) is 18.2. The van der Waals surface area contributed by atoms with Crippen LogP contribution in [0.25, 0.3) is 0 Å². The molecule has 1 atom stereocenters. The molecule has 3 heterocycles. The second-order valence-corrected chi connectivity index (χ2v) is 7.74. The summed E-state index contributed by atoms with van der Waals surface area (Å²) in [5.41, 5.74) is 2.88. The number of piperidine rings is 1. The van der Waals surface area contributed by atoms with Crippen LogP contribution in [-0.2, 0) is 0 Å². The minimum Gasteiger partial charge on any atom is -0.497 e. The van der Waals surface area contributed by atoms with E-state index in [4.69, 9.17) is 14.5 Å². The number of ether oxygens (including phenoxy) is 2. The Labute approximate surface area is 182 Å². The molecule has 2 aromatic heterocycles. The van der Waals surface area contributed by atoms with Gasteiger partial charge in [-0.25, -0.2) is 4.98 Å². The third-order valence-electron chi connectivity index (χ3n) is 5.84. The van der Waals surface area contributed by atoms with Crippen LogP contribution in [0.2, 0.25) is 0 Å². The molecule has 0 spiro atoms. The van der Waals surface area contributed by atoms with E-state index in [1.807, 2.05) is 31.2 Å². The molecular formula is C25H27N3O3. The van der Waals surface area contributed by atoms with Crippen LogP contribution in [0.4, 0.5) is 5.82 Å². The Bertz CT molecular complexity index is 1080. The number of rotatable bonds is 6. The van der Waals surface area contributed by atoms with E-state index in [0.717, 1.165) is 48.8 Å². The highest BCUT2D eigenvalue weighted by Crippen LogP contribution is 2.36. The zero-order valence-electron chi connectivity index (χ0n) is 18.2. The Kier molecular flexibility index (Phi) is 6.16. The summed E-state index contributed by atoms with van der Waals surface area (Å²) in [6.07, 6.45) is 3.79. The highest BCUT2D eigenvalue weighted by Gasteiger charge is 2.26. The smallest absolute Gasteiger partial charge is 0.213 e. The SMILES string of the molecule is COc1ccc(OC)c(C2CCCN(c3cccc(C(=O)c4cccnc4C)n3)C2)c1. The van der Waals surface area contributed by atoms with Crippen molar-refractivity contribution in [2.75, 3.05) is 32.2 Å². The molecule has 31 heavy (non-hydrogen) atoms. The summed E-state index contributed by atoms with van der Waals surface area (Å²) in [7, 11) is 3.37. The van der Waals surface area contributed by atoms with Gasteiger partial charge in [0.25, 0.3) is 0 Å². The van der Waals surface area contributed by atoms with Crippen molar-refractivity contribution in [3.63, 3.8) is 0 Å². The van der Waals surface area contributed by atoms with E-state index in [9.17, 15) is 4.79 Å². The average Bonchev–Trinajstić information content (AvgIpc) is 2.83. The summed E-state index contributed by atoms with van der Waals surface area (Å²) < 4.78 is 11.0. The van der Waals surface area contributed by atoms with Crippen LogP contribution in [0.15, 0.2) is 54.7 Å². The van der Waals surface area contributed by atoms with Crippen molar-refractivity contribution in [1.29, 1.82) is 0 Å². The highest BCUT2D eigenvalue weighted by molar-refractivity contribution is 6.08. The van der Waals surface area contributed by atoms with Gasteiger partial charge < -0.3 is 14.4 Å². The molecule has 1 fully saturated rings. The van der Waals surface area contributed by atoms with Crippen molar-refractivity contribution in [3.8, 4) is 11.5 Å². The number of methoxy groups -OCH3 is 2. The molecule has 0 aliphatic carbocycles. The highest BCUT2D eigenvalue weighted by atomic mass is 16.5. The Morgan fingerprint density at radius 1 is 1.10 bits per heavy atom. The maximum absolute atomic E-state index is 13.0. The van der Waals surface area contributed by atoms with E-state index >= 15 is 0 Å². The molecule has 4 rings (SSSR count). The summed E-state index contributed by atoms with van der Waals surface area (Å²) in [4.78, 5) is 24.2. The van der Waals surface area contributed by atoms with Crippen LogP contribution in [-0.4, -0.2) is 43.1 Å². The van der Waals surface area contributed by atoms with Crippen molar-refractivity contribution < 1.29 is 14.3 Å². The predicted octanol–water partition coefficient (Wildman–Crippen LogP) is 4.42. The second kappa shape index (κ2) is 9.16. The lowest BCUT2D eigenvalue weighted by molar-refractivity contribution is 0.103. The third-order valence-corrected chi connectivity index (χ3v) is 5.84. The molecule has 1 aromatic carbocycles. The van der Waals surface area contributed by atoms with Gasteiger partial charge in [0, 0.05) is 42.0 Å². The number of anilines is 1. The van der Waals surface area contributed by atoms with Gasteiger partial charge in [0.15, 0.2) is 0 Å². The molecule has 1 aliphatic heterocycles. The summed E-state index contributed by atoms with van der Waals surface area (Å²) in [5.74, 6) is 2.71. The number of benzene rings is 1. The maximum Gasteiger partial charge on any atom is 0.213 e. The van der Waals surface area contributed by atoms with Crippen LogP contribution in [0, 0.1) is 6.92 Å². The van der Waals surface area contributed by atoms with Gasteiger partial charge >= 0.3 is 0 Å². The van der Waals surface area contributed by atoms with Gasteiger partial charge in [-0.2, -0.15) is 0 Å². The molecule has 6 heteroatoms. The summed E-state index contributed by atoms with van der Waals surface area (Å²) in [5, 5.41) is 0. The van der Waals surface area contributed by atoms with E-state index in [2.05, 4.69) is 16.0 Å². The molecule has 0 radical (unpaired) electrons. The van der Waals surface area contributed by atoms with E-state index < -0.39 is 0 Å². The van der Waals surface area contributed by atoms with Gasteiger partial charge in [-0.05, 0) is 62.2 Å². The molecule has 0 saturated carbocycles. The zero-order chi connectivity index (χ0) is 21.8. The second-order valence-electron chi connectivity index (χ2n) is 7.74. The lowest BCUT2D eigenvalue weighted by Crippen LogP contribution is -2.35. The number of nitrogens with zero attached hydrogens (tertiary/aromatic N) is 3. The number of carbonyl (C=O) groups is 1. The number of ketones is 1. The van der Waals surface area contributed by atoms with Crippen molar-refractivity contribution in [2.45, 2.75) is 25.7 Å². The van der Waals surface area contributed by atoms with Crippen molar-refractivity contribution in [2.24, 2.45) is 0 Å². The van der Waals surface area contributed by atoms with Crippen LogP contribution in [0.1, 0.15) is 46.1 Å². The maximum atomic E-state index is 13.0. The quantitative estimate of drug-likeness (QED) is 0.554. The number of aryl methyl sites for hydroxylation is 1. The van der Waals surface area contributed by atoms with Gasteiger partial charge in [-0.1, -0.05) is 6.07 Å². The molecule has 0 bridgehead atoms. The average molecular weight is 418 g/mol. The first-order valence-electron chi connectivity index (χ1n) is 10.5. The standard InChI is InChI=1S/C25H27N3O3/c1-17-20(8-5-13-26-17)25(29)22-9-4-10-24(27-22)28-14-6-7-18(16-28)21-15-19(30-2)11-12-23(21)31-3/h4-5,8-13,15,18H,6-7,14,16H2,1-3H3. The van der Waals surface area contributed by atoms with Crippen LogP contribution < -0.4 is 14.4 Å². The van der Waals surface area contributed by atoms with E-state index in [1.54, 1.807) is 38.6 Å². The lowest BCUT2D eigenvalue weighted by atomic mass is 9.89. The van der Waals surface area contributed by atoms with Crippen molar-refractivity contribution >= 4 is 11.6 Å². The van der Waals surface area contributed by atoms with Crippen molar-refractivity contribution in [3.05, 3.63) is 77.2 Å². The first-order chi connectivity index (χ1) is 15.1. The van der Waals surface area contributed by atoms with Crippen LogP contribution >= 0.6 is 0 Å². The fraction of sp³-hybridized carbons (Fsp3) is 0.320. The Balaban J connectivity index is 1.59. The monoisotopic (exact) mass is 417 g/mol. The minimum atomic E-state index is -0.101.